The zero-order chi connectivity index (χ0) is 15.7. The molecule has 0 unspecified atom stereocenters. The number of hydrogen-bond donors (Lipinski definition) is 0. The minimum Gasteiger partial charge on any atom is -0.339 e. The van der Waals surface area contributed by atoms with Gasteiger partial charge < -0.3 is 4.52 Å². The molecule has 3 rings (SSSR count). The number of nitrogens with zero attached hydrogens (tertiary/aromatic N) is 3. The van der Waals surface area contributed by atoms with Gasteiger partial charge in [-0.15, -0.1) is 0 Å². The Hall–Kier alpha value is -2.50. The van der Waals surface area contributed by atoms with Gasteiger partial charge in [0.05, 0.1) is 12.0 Å². The van der Waals surface area contributed by atoms with Crippen LogP contribution in [-0.4, -0.2) is 26.9 Å². The van der Waals surface area contributed by atoms with Crippen molar-refractivity contribution in [2.24, 2.45) is 0 Å². The lowest BCUT2D eigenvalue weighted by molar-refractivity contribution is -0.140. The Morgan fingerprint density at radius 1 is 1.27 bits per heavy atom. The summed E-state index contributed by atoms with van der Waals surface area (Å²) in [5, 5.41) is 3.81. The average molecular weight is 299 g/mol. The maximum Gasteiger partial charge on any atom is 0.240 e. The number of aryl methyl sites for hydroxylation is 1. The molecule has 2 amide bonds. The number of imide groups is 1. The summed E-state index contributed by atoms with van der Waals surface area (Å²) in [5.74, 6) is 0.432. The van der Waals surface area contributed by atoms with E-state index in [9.17, 15) is 9.59 Å². The second kappa shape index (κ2) is 5.36. The first-order chi connectivity index (χ1) is 10.5. The van der Waals surface area contributed by atoms with Gasteiger partial charge in [0.15, 0.2) is 5.82 Å². The summed E-state index contributed by atoms with van der Waals surface area (Å²) in [5.41, 5.74) is 0.0218. The molecule has 1 aliphatic heterocycles. The number of carbonyl (C=O) groups is 2. The van der Waals surface area contributed by atoms with E-state index in [2.05, 4.69) is 10.1 Å². The second-order valence-corrected chi connectivity index (χ2v) is 5.62. The van der Waals surface area contributed by atoms with Crippen LogP contribution in [-0.2, 0) is 28.0 Å². The first-order valence-electron chi connectivity index (χ1n) is 7.26. The van der Waals surface area contributed by atoms with Gasteiger partial charge >= 0.3 is 0 Å². The van der Waals surface area contributed by atoms with Gasteiger partial charge in [0.2, 0.25) is 17.7 Å². The van der Waals surface area contributed by atoms with Gasteiger partial charge in [-0.2, -0.15) is 4.98 Å². The van der Waals surface area contributed by atoms with E-state index in [0.29, 0.717) is 18.1 Å². The molecule has 1 saturated heterocycles. The van der Waals surface area contributed by atoms with Crippen molar-refractivity contribution in [3.05, 3.63) is 47.6 Å². The Kier molecular flexibility index (Phi) is 3.52. The van der Waals surface area contributed by atoms with Crippen LogP contribution < -0.4 is 0 Å². The van der Waals surface area contributed by atoms with Crippen LogP contribution in [0.2, 0.25) is 0 Å². The topological polar surface area (TPSA) is 76.3 Å². The van der Waals surface area contributed by atoms with E-state index in [0.717, 1.165) is 5.56 Å². The fourth-order valence-corrected chi connectivity index (χ4v) is 2.72. The Morgan fingerprint density at radius 3 is 2.64 bits per heavy atom. The Bertz CT molecular complexity index is 710. The van der Waals surface area contributed by atoms with Crippen molar-refractivity contribution in [2.75, 3.05) is 0 Å². The van der Waals surface area contributed by atoms with Crippen molar-refractivity contribution in [1.82, 2.24) is 15.0 Å². The summed E-state index contributed by atoms with van der Waals surface area (Å²) in [7, 11) is 0. The normalized spacial score (nSPS) is 21.6. The SMILES string of the molecule is CCc1nc(CN2C(=O)C[C@](C)(c3ccccc3)C2=O)no1. The van der Waals surface area contributed by atoms with Crippen molar-refractivity contribution in [3.8, 4) is 0 Å². The van der Waals surface area contributed by atoms with Gasteiger partial charge in [-0.3, -0.25) is 14.5 Å². The first-order valence-corrected chi connectivity index (χ1v) is 7.26. The lowest BCUT2D eigenvalue weighted by atomic mass is 9.81. The van der Waals surface area contributed by atoms with Gasteiger partial charge in [-0.1, -0.05) is 42.4 Å². The third-order valence-corrected chi connectivity index (χ3v) is 4.05. The molecule has 1 atom stereocenters. The molecule has 2 aromatic rings. The van der Waals surface area contributed by atoms with Gasteiger partial charge in [-0.05, 0) is 12.5 Å². The highest BCUT2D eigenvalue weighted by Crippen LogP contribution is 2.36. The van der Waals surface area contributed by atoms with E-state index in [-0.39, 0.29) is 24.8 Å². The van der Waals surface area contributed by atoms with E-state index < -0.39 is 5.41 Å². The van der Waals surface area contributed by atoms with Gasteiger partial charge in [0.25, 0.3) is 0 Å². The van der Waals surface area contributed by atoms with E-state index in [1.165, 1.54) is 4.90 Å². The fraction of sp³-hybridized carbons (Fsp3) is 0.375. The second-order valence-electron chi connectivity index (χ2n) is 5.62. The third-order valence-electron chi connectivity index (χ3n) is 4.05. The molecule has 1 aromatic heterocycles. The smallest absolute Gasteiger partial charge is 0.240 e. The van der Waals surface area contributed by atoms with Crippen molar-refractivity contribution >= 4 is 11.8 Å². The molecule has 114 valence electrons. The monoisotopic (exact) mass is 299 g/mol. The lowest BCUT2D eigenvalue weighted by Crippen LogP contribution is -2.36. The average Bonchev–Trinajstić information content (AvgIpc) is 3.07. The molecule has 0 radical (unpaired) electrons. The maximum absolute atomic E-state index is 12.7. The predicted octanol–water partition coefficient (Wildman–Crippen LogP) is 1.85. The zero-order valence-electron chi connectivity index (χ0n) is 12.6. The third kappa shape index (κ3) is 2.30. The van der Waals surface area contributed by atoms with Crippen LogP contribution in [0.4, 0.5) is 0 Å². The zero-order valence-corrected chi connectivity index (χ0v) is 12.6. The van der Waals surface area contributed by atoms with E-state index >= 15 is 0 Å². The molecule has 2 heterocycles. The molecule has 0 bridgehead atoms. The largest absolute Gasteiger partial charge is 0.339 e. The number of aromatic nitrogens is 2. The molecular weight excluding hydrogens is 282 g/mol. The highest BCUT2D eigenvalue weighted by atomic mass is 16.5. The van der Waals surface area contributed by atoms with Crippen LogP contribution in [0.25, 0.3) is 0 Å². The summed E-state index contributed by atoms with van der Waals surface area (Å²) in [6.45, 7) is 3.76. The van der Waals surface area contributed by atoms with E-state index in [4.69, 9.17) is 4.52 Å². The fourth-order valence-electron chi connectivity index (χ4n) is 2.72. The quantitative estimate of drug-likeness (QED) is 0.805. The van der Waals surface area contributed by atoms with Crippen LogP contribution in [0, 0.1) is 0 Å². The predicted molar refractivity (Wildman–Crippen MR) is 77.6 cm³/mol. The molecule has 0 aliphatic carbocycles. The van der Waals surface area contributed by atoms with E-state index in [1.807, 2.05) is 37.3 Å². The highest BCUT2D eigenvalue weighted by Gasteiger charge is 2.49. The van der Waals surface area contributed by atoms with E-state index in [1.54, 1.807) is 6.92 Å². The molecule has 0 saturated carbocycles. The summed E-state index contributed by atoms with van der Waals surface area (Å²) in [4.78, 5) is 30.4. The summed E-state index contributed by atoms with van der Waals surface area (Å²) >= 11 is 0. The minimum absolute atomic E-state index is 0.0591. The molecule has 1 fully saturated rings. The molecule has 6 heteroatoms. The van der Waals surface area contributed by atoms with Crippen LogP contribution >= 0.6 is 0 Å². The molecule has 1 aromatic carbocycles. The van der Waals surface area contributed by atoms with Crippen LogP contribution in [0.5, 0.6) is 0 Å². The van der Waals surface area contributed by atoms with Crippen LogP contribution in [0.1, 0.15) is 37.5 Å². The van der Waals surface area contributed by atoms with Gasteiger partial charge in [0.1, 0.15) is 0 Å². The molecule has 1 aliphatic rings. The Balaban J connectivity index is 1.85. The van der Waals surface area contributed by atoms with Crippen molar-refractivity contribution < 1.29 is 14.1 Å². The molecule has 0 spiro atoms. The van der Waals surface area contributed by atoms with Crippen LogP contribution in [0.15, 0.2) is 34.9 Å². The van der Waals surface area contributed by atoms with Crippen molar-refractivity contribution in [2.45, 2.75) is 38.6 Å². The number of carbonyl (C=O) groups excluding carboxylic acids is 2. The highest BCUT2D eigenvalue weighted by molar-refractivity contribution is 6.08. The summed E-state index contributed by atoms with van der Waals surface area (Å²) in [6, 6.07) is 9.37. The van der Waals surface area contributed by atoms with Crippen LogP contribution in [0.3, 0.4) is 0 Å². The first kappa shape index (κ1) is 14.4. The lowest BCUT2D eigenvalue weighted by Gasteiger charge is -2.22. The molecule has 6 nitrogen and oxygen atoms in total. The maximum atomic E-state index is 12.7. The summed E-state index contributed by atoms with van der Waals surface area (Å²) < 4.78 is 5.02. The standard InChI is InChI=1S/C16H17N3O3/c1-3-13-17-12(18-22-13)10-19-14(20)9-16(2,15(19)21)11-7-5-4-6-8-11/h4-8H,3,9-10H2,1-2H3/t16-/m1/s1. The number of amides is 2. The number of hydrogen-bond acceptors (Lipinski definition) is 5. The van der Waals surface area contributed by atoms with Crippen molar-refractivity contribution in [3.63, 3.8) is 0 Å². The molecule has 22 heavy (non-hydrogen) atoms. The Labute approximate surface area is 128 Å². The minimum atomic E-state index is -0.824. The van der Waals surface area contributed by atoms with Gasteiger partial charge in [0, 0.05) is 12.8 Å². The Morgan fingerprint density at radius 2 is 2.00 bits per heavy atom. The molecular formula is C16H17N3O3. The summed E-state index contributed by atoms with van der Waals surface area (Å²) in [6.07, 6.45) is 0.783. The van der Waals surface area contributed by atoms with Crippen molar-refractivity contribution in [1.29, 1.82) is 0 Å². The van der Waals surface area contributed by atoms with Gasteiger partial charge in [-0.25, -0.2) is 0 Å². The number of benzene rings is 1. The molecule has 0 N–H and O–H groups in total. The number of rotatable bonds is 4. The number of likely N-dealkylation sites (tertiary alicyclic amines) is 1.